The number of aromatic nitrogens is 1. The third-order valence-electron chi connectivity index (χ3n) is 5.43. The summed E-state index contributed by atoms with van der Waals surface area (Å²) in [5.41, 5.74) is 3.68. The summed E-state index contributed by atoms with van der Waals surface area (Å²) in [5.74, 6) is 0.554. The van der Waals surface area contributed by atoms with Crippen LogP contribution in [0.5, 0.6) is 0 Å². The molecule has 0 fully saturated rings. The van der Waals surface area contributed by atoms with Crippen LogP contribution in [0.2, 0.25) is 0 Å². The molecule has 0 saturated carbocycles. The number of hydrogen-bond acceptors (Lipinski definition) is 2. The van der Waals surface area contributed by atoms with Crippen molar-refractivity contribution in [3.63, 3.8) is 0 Å². The Morgan fingerprint density at radius 2 is 1.81 bits per heavy atom. The molecule has 0 radical (unpaired) electrons. The van der Waals surface area contributed by atoms with E-state index in [9.17, 15) is 9.18 Å². The Balaban J connectivity index is 1.57. The predicted octanol–water partition coefficient (Wildman–Crippen LogP) is 4.09. The summed E-state index contributed by atoms with van der Waals surface area (Å²) in [7, 11) is 0. The summed E-state index contributed by atoms with van der Waals surface area (Å²) < 4.78 is 13.4. The van der Waals surface area contributed by atoms with Gasteiger partial charge in [-0.1, -0.05) is 12.1 Å². The maximum absolute atomic E-state index is 13.4. The molecule has 1 heterocycles. The minimum Gasteiger partial charge on any atom is -0.361 e. The van der Waals surface area contributed by atoms with E-state index in [1.54, 1.807) is 0 Å². The number of hydrogen-bond donors (Lipinski definition) is 3. The van der Waals surface area contributed by atoms with Gasteiger partial charge in [-0.25, -0.2) is 9.38 Å². The van der Waals surface area contributed by atoms with Gasteiger partial charge < -0.3 is 20.5 Å². The van der Waals surface area contributed by atoms with Gasteiger partial charge in [-0.15, -0.1) is 0 Å². The number of fused-ring (bicyclic) bond motifs is 1. The molecule has 3 aromatic rings. The number of nitrogens with zero attached hydrogens (tertiary/aromatic N) is 2. The second-order valence-electron chi connectivity index (χ2n) is 7.55. The zero-order valence-electron chi connectivity index (χ0n) is 19.0. The lowest BCUT2D eigenvalue weighted by molar-refractivity contribution is 0.0773. The average molecular weight is 438 g/mol. The Hall–Kier alpha value is -3.35. The Kier molecular flexibility index (Phi) is 8.25. The molecule has 2 aromatic carbocycles. The number of rotatable bonds is 9. The Bertz CT molecular complexity index is 1050. The Morgan fingerprint density at radius 1 is 1.06 bits per heavy atom. The van der Waals surface area contributed by atoms with Crippen molar-refractivity contribution in [2.75, 3.05) is 26.2 Å². The molecule has 0 spiro atoms. The number of amides is 1. The first-order valence-corrected chi connectivity index (χ1v) is 11.2. The van der Waals surface area contributed by atoms with E-state index in [2.05, 4.69) is 20.6 Å². The van der Waals surface area contributed by atoms with E-state index in [1.165, 1.54) is 12.1 Å². The van der Waals surface area contributed by atoms with Crippen LogP contribution in [0.15, 0.2) is 53.7 Å². The highest BCUT2D eigenvalue weighted by Gasteiger charge is 2.12. The van der Waals surface area contributed by atoms with Gasteiger partial charge in [-0.3, -0.25) is 4.79 Å². The third kappa shape index (κ3) is 5.87. The fourth-order valence-corrected chi connectivity index (χ4v) is 3.64. The van der Waals surface area contributed by atoms with E-state index in [1.807, 2.05) is 62.2 Å². The second-order valence-corrected chi connectivity index (χ2v) is 7.55. The van der Waals surface area contributed by atoms with Crippen molar-refractivity contribution in [1.29, 1.82) is 0 Å². The van der Waals surface area contributed by atoms with Gasteiger partial charge in [-0.05, 0) is 68.7 Å². The first kappa shape index (κ1) is 23.3. The van der Waals surface area contributed by atoms with E-state index in [0.717, 1.165) is 41.0 Å². The highest BCUT2D eigenvalue weighted by Crippen LogP contribution is 2.19. The molecule has 1 amide bonds. The minimum atomic E-state index is -0.240. The maximum atomic E-state index is 13.4. The molecule has 7 heteroatoms. The number of carbonyl (C=O) groups is 1. The lowest BCUT2D eigenvalue weighted by Crippen LogP contribution is -2.38. The lowest BCUT2D eigenvalue weighted by Gasteiger charge is -2.18. The zero-order chi connectivity index (χ0) is 22.9. The van der Waals surface area contributed by atoms with E-state index in [-0.39, 0.29) is 11.7 Å². The van der Waals surface area contributed by atoms with Crippen LogP contribution in [0.3, 0.4) is 0 Å². The number of carbonyl (C=O) groups excluding carboxylic acids is 1. The number of halogens is 1. The van der Waals surface area contributed by atoms with Crippen LogP contribution in [0.25, 0.3) is 10.9 Å². The zero-order valence-corrected chi connectivity index (χ0v) is 19.0. The highest BCUT2D eigenvalue weighted by molar-refractivity contribution is 5.94. The maximum Gasteiger partial charge on any atom is 0.253 e. The summed E-state index contributed by atoms with van der Waals surface area (Å²) in [4.78, 5) is 22.0. The van der Waals surface area contributed by atoms with Gasteiger partial charge in [0.05, 0.1) is 6.54 Å². The molecule has 170 valence electrons. The van der Waals surface area contributed by atoms with Gasteiger partial charge in [0.15, 0.2) is 5.96 Å². The fourth-order valence-electron chi connectivity index (χ4n) is 3.64. The molecule has 0 aliphatic carbocycles. The van der Waals surface area contributed by atoms with Crippen molar-refractivity contribution in [1.82, 2.24) is 20.5 Å². The molecule has 32 heavy (non-hydrogen) atoms. The van der Waals surface area contributed by atoms with Crippen LogP contribution in [0.1, 0.15) is 42.3 Å². The quantitative estimate of drug-likeness (QED) is 0.349. The molecule has 0 aliphatic rings. The van der Waals surface area contributed by atoms with Crippen LogP contribution in [-0.2, 0) is 13.0 Å². The molecule has 1 aromatic heterocycles. The number of aromatic amines is 1. The van der Waals surface area contributed by atoms with Crippen LogP contribution < -0.4 is 10.6 Å². The van der Waals surface area contributed by atoms with E-state index >= 15 is 0 Å². The predicted molar refractivity (Wildman–Crippen MR) is 128 cm³/mol. The van der Waals surface area contributed by atoms with Gasteiger partial charge >= 0.3 is 0 Å². The van der Waals surface area contributed by atoms with Crippen LogP contribution in [-0.4, -0.2) is 47.9 Å². The summed E-state index contributed by atoms with van der Waals surface area (Å²) in [5, 5.41) is 7.65. The molecule has 0 aliphatic heterocycles. The SMILES string of the molecule is CCNC(=NCc1ccc(C(=O)N(CC)CC)cc1)NCCc1c[nH]c2cc(F)ccc12. The van der Waals surface area contributed by atoms with Crippen LogP contribution in [0, 0.1) is 5.82 Å². The van der Waals surface area contributed by atoms with Crippen molar-refractivity contribution in [3.8, 4) is 0 Å². The second kappa shape index (κ2) is 11.3. The number of nitrogens with one attached hydrogen (secondary N) is 3. The summed E-state index contributed by atoms with van der Waals surface area (Å²) in [6, 6.07) is 12.4. The molecule has 0 bridgehead atoms. The molecule has 3 rings (SSSR count). The van der Waals surface area contributed by atoms with Gasteiger partial charge in [-0.2, -0.15) is 0 Å². The van der Waals surface area contributed by atoms with Gasteiger partial charge in [0.1, 0.15) is 5.82 Å². The van der Waals surface area contributed by atoms with Crippen LogP contribution >= 0.6 is 0 Å². The lowest BCUT2D eigenvalue weighted by atomic mass is 10.1. The van der Waals surface area contributed by atoms with Crippen molar-refractivity contribution in [2.24, 2.45) is 4.99 Å². The summed E-state index contributed by atoms with van der Waals surface area (Å²) in [6.45, 7) is 9.38. The number of benzene rings is 2. The van der Waals surface area contributed by atoms with Gasteiger partial charge in [0.25, 0.3) is 5.91 Å². The van der Waals surface area contributed by atoms with Crippen molar-refractivity contribution in [3.05, 3.63) is 71.2 Å². The standard InChI is InChI=1S/C25H32FN5O/c1-4-27-25(28-14-13-20-17-29-23-15-21(26)11-12-22(20)23)30-16-18-7-9-19(10-8-18)24(32)31(5-2)6-3/h7-12,15,17,29H,4-6,13-14,16H2,1-3H3,(H2,27,28,30). The first-order valence-electron chi connectivity index (χ1n) is 11.2. The minimum absolute atomic E-state index is 0.0556. The van der Waals surface area contributed by atoms with E-state index in [0.29, 0.717) is 31.7 Å². The average Bonchev–Trinajstić information content (AvgIpc) is 3.20. The first-order chi connectivity index (χ1) is 15.5. The highest BCUT2D eigenvalue weighted by atomic mass is 19.1. The van der Waals surface area contributed by atoms with E-state index in [4.69, 9.17) is 0 Å². The fraction of sp³-hybridized carbons (Fsp3) is 0.360. The summed E-state index contributed by atoms with van der Waals surface area (Å²) in [6.07, 6.45) is 2.72. The third-order valence-corrected chi connectivity index (χ3v) is 5.43. The van der Waals surface area contributed by atoms with Crippen molar-refractivity contribution >= 4 is 22.8 Å². The van der Waals surface area contributed by atoms with E-state index < -0.39 is 0 Å². The molecule has 0 saturated heterocycles. The number of aliphatic imine (C=N–C) groups is 1. The molecule has 0 atom stereocenters. The molecule has 0 unspecified atom stereocenters. The molecular weight excluding hydrogens is 405 g/mol. The molecule has 3 N–H and O–H groups in total. The molecular formula is C25H32FN5O. The number of guanidine groups is 1. The topological polar surface area (TPSA) is 72.5 Å². The Labute approximate surface area is 188 Å². The van der Waals surface area contributed by atoms with Crippen LogP contribution in [0.4, 0.5) is 4.39 Å². The van der Waals surface area contributed by atoms with Crippen molar-refractivity contribution in [2.45, 2.75) is 33.7 Å². The normalized spacial score (nSPS) is 11.6. The smallest absolute Gasteiger partial charge is 0.253 e. The molecule has 6 nitrogen and oxygen atoms in total. The Morgan fingerprint density at radius 3 is 2.50 bits per heavy atom. The summed E-state index contributed by atoms with van der Waals surface area (Å²) >= 11 is 0. The largest absolute Gasteiger partial charge is 0.361 e. The van der Waals surface area contributed by atoms with Gasteiger partial charge in [0, 0.05) is 48.8 Å². The van der Waals surface area contributed by atoms with Gasteiger partial charge in [0.2, 0.25) is 0 Å². The van der Waals surface area contributed by atoms with Crippen molar-refractivity contribution < 1.29 is 9.18 Å². The number of H-pyrrole nitrogens is 1. The monoisotopic (exact) mass is 437 g/mol.